The van der Waals surface area contributed by atoms with Gasteiger partial charge < -0.3 is 15.2 Å². The van der Waals surface area contributed by atoms with Crippen molar-refractivity contribution in [2.24, 2.45) is 11.8 Å². The van der Waals surface area contributed by atoms with E-state index in [1.165, 1.54) is 4.90 Å². The van der Waals surface area contributed by atoms with E-state index < -0.39 is 11.6 Å². The highest BCUT2D eigenvalue weighted by Crippen LogP contribution is 2.44. The lowest BCUT2D eigenvalue weighted by Crippen LogP contribution is -2.52. The minimum atomic E-state index is -1.13. The third kappa shape index (κ3) is 3.30. The summed E-state index contributed by atoms with van der Waals surface area (Å²) in [6.07, 6.45) is 1.11. The van der Waals surface area contributed by atoms with Crippen LogP contribution in [0.3, 0.4) is 0 Å². The van der Waals surface area contributed by atoms with Gasteiger partial charge in [0.25, 0.3) is 5.91 Å². The number of hydrogen-bond acceptors (Lipinski definition) is 3. The lowest BCUT2D eigenvalue weighted by Gasteiger charge is -2.36. The molecule has 2 aliphatic heterocycles. The van der Waals surface area contributed by atoms with Crippen molar-refractivity contribution in [3.05, 3.63) is 35.5 Å². The zero-order valence-corrected chi connectivity index (χ0v) is 19.0. The first-order chi connectivity index (χ1) is 14.7. The summed E-state index contributed by atoms with van der Waals surface area (Å²) in [5, 5.41) is 4.02. The van der Waals surface area contributed by atoms with Gasteiger partial charge in [-0.05, 0) is 43.2 Å². The minimum Gasteiger partial charge on any atom is -0.356 e. The standard InChI is InChI=1S/C24H32N4O3/c1-14(2)12-19(21(29)25-13-15(3)4)28-22(30)24(5)20-17(10-11-27(24)23(28)31)16-8-6-7-9-18(16)26-20/h6-9,14-15,19,26H,10-13H2,1-5H3,(H,25,29)/t19-,24+/m1/s1. The zero-order chi connectivity index (χ0) is 22.5. The van der Waals surface area contributed by atoms with Crippen molar-refractivity contribution in [2.45, 2.75) is 59.0 Å². The summed E-state index contributed by atoms with van der Waals surface area (Å²) in [6, 6.07) is 6.79. The molecule has 0 saturated carbocycles. The van der Waals surface area contributed by atoms with E-state index in [2.05, 4.69) is 10.3 Å². The van der Waals surface area contributed by atoms with Gasteiger partial charge in [-0.2, -0.15) is 0 Å². The number of urea groups is 1. The van der Waals surface area contributed by atoms with Crippen LogP contribution in [-0.2, 0) is 21.5 Å². The van der Waals surface area contributed by atoms with E-state index in [1.807, 2.05) is 52.0 Å². The van der Waals surface area contributed by atoms with Crippen LogP contribution < -0.4 is 5.32 Å². The summed E-state index contributed by atoms with van der Waals surface area (Å²) >= 11 is 0. The Morgan fingerprint density at radius 3 is 2.55 bits per heavy atom. The number of benzene rings is 1. The van der Waals surface area contributed by atoms with Crippen molar-refractivity contribution in [2.75, 3.05) is 13.1 Å². The van der Waals surface area contributed by atoms with Crippen LogP contribution in [0.25, 0.3) is 10.9 Å². The molecule has 1 fully saturated rings. The van der Waals surface area contributed by atoms with Gasteiger partial charge in [0.1, 0.15) is 6.04 Å². The number of carbonyl (C=O) groups is 3. The van der Waals surface area contributed by atoms with E-state index in [4.69, 9.17) is 0 Å². The summed E-state index contributed by atoms with van der Waals surface area (Å²) in [5.74, 6) is -0.143. The van der Waals surface area contributed by atoms with Crippen molar-refractivity contribution in [3.8, 4) is 0 Å². The third-order valence-corrected chi connectivity index (χ3v) is 6.49. The summed E-state index contributed by atoms with van der Waals surface area (Å²) in [6.45, 7) is 10.8. The summed E-state index contributed by atoms with van der Waals surface area (Å²) in [4.78, 5) is 46.7. The number of nitrogens with zero attached hydrogens (tertiary/aromatic N) is 2. The number of H-pyrrole nitrogens is 1. The Hall–Kier alpha value is -2.83. The Kier molecular flexibility index (Phi) is 5.31. The summed E-state index contributed by atoms with van der Waals surface area (Å²) < 4.78 is 0. The van der Waals surface area contributed by atoms with E-state index in [1.54, 1.807) is 11.8 Å². The molecule has 0 radical (unpaired) electrons. The SMILES string of the molecule is CC(C)CNC(=O)[C@@H](CC(C)C)N1C(=O)N2CCc3c([nH]c4ccccc34)[C@@]2(C)C1=O. The number of para-hydroxylation sites is 1. The second-order valence-electron chi connectivity index (χ2n) is 9.74. The molecule has 1 aromatic heterocycles. The second kappa shape index (κ2) is 7.70. The molecule has 0 unspecified atom stereocenters. The number of aromatic amines is 1. The van der Waals surface area contributed by atoms with Gasteiger partial charge in [0.2, 0.25) is 5.91 Å². The van der Waals surface area contributed by atoms with E-state index in [0.717, 1.165) is 22.2 Å². The molecule has 2 aromatic rings. The van der Waals surface area contributed by atoms with Crippen molar-refractivity contribution < 1.29 is 14.4 Å². The molecule has 0 spiro atoms. The average molecular weight is 425 g/mol. The first kappa shape index (κ1) is 21.4. The molecule has 0 bridgehead atoms. The molecular formula is C24H32N4O3. The van der Waals surface area contributed by atoms with Gasteiger partial charge in [0.15, 0.2) is 5.54 Å². The van der Waals surface area contributed by atoms with Gasteiger partial charge in [0, 0.05) is 24.0 Å². The summed E-state index contributed by atoms with van der Waals surface area (Å²) in [7, 11) is 0. The Morgan fingerprint density at radius 1 is 1.16 bits per heavy atom. The van der Waals surface area contributed by atoms with Crippen LogP contribution in [0.5, 0.6) is 0 Å². The molecule has 1 saturated heterocycles. The van der Waals surface area contributed by atoms with E-state index >= 15 is 0 Å². The molecule has 0 aliphatic carbocycles. The summed E-state index contributed by atoms with van der Waals surface area (Å²) in [5.41, 5.74) is 1.69. The van der Waals surface area contributed by atoms with Crippen molar-refractivity contribution in [3.63, 3.8) is 0 Å². The van der Waals surface area contributed by atoms with Crippen molar-refractivity contribution in [1.29, 1.82) is 0 Å². The van der Waals surface area contributed by atoms with Crippen LogP contribution in [0.15, 0.2) is 24.3 Å². The molecule has 4 amide bonds. The monoisotopic (exact) mass is 424 g/mol. The van der Waals surface area contributed by atoms with Crippen molar-refractivity contribution >= 4 is 28.7 Å². The maximum atomic E-state index is 13.8. The number of amides is 4. The average Bonchev–Trinajstić information content (AvgIpc) is 3.19. The number of imide groups is 1. The molecule has 7 nitrogen and oxygen atoms in total. The van der Waals surface area contributed by atoms with E-state index in [9.17, 15) is 14.4 Å². The molecule has 166 valence electrons. The number of fused-ring (bicyclic) bond motifs is 5. The van der Waals surface area contributed by atoms with Gasteiger partial charge in [-0.25, -0.2) is 9.69 Å². The Bertz CT molecular complexity index is 1040. The molecule has 7 heteroatoms. The predicted molar refractivity (Wildman–Crippen MR) is 119 cm³/mol. The molecule has 2 aliphatic rings. The van der Waals surface area contributed by atoms with Crippen LogP contribution >= 0.6 is 0 Å². The first-order valence-electron chi connectivity index (χ1n) is 11.2. The third-order valence-electron chi connectivity index (χ3n) is 6.49. The van der Waals surface area contributed by atoms with Crippen molar-refractivity contribution in [1.82, 2.24) is 20.1 Å². The molecule has 2 N–H and O–H groups in total. The minimum absolute atomic E-state index is 0.157. The molecular weight excluding hydrogens is 392 g/mol. The van der Waals surface area contributed by atoms with Gasteiger partial charge in [0.05, 0.1) is 5.69 Å². The smallest absolute Gasteiger partial charge is 0.328 e. The fourth-order valence-corrected chi connectivity index (χ4v) is 4.89. The van der Waals surface area contributed by atoms with Gasteiger partial charge in [-0.1, -0.05) is 45.9 Å². The predicted octanol–water partition coefficient (Wildman–Crippen LogP) is 3.39. The number of nitrogens with one attached hydrogen (secondary N) is 2. The van der Waals surface area contributed by atoms with Crippen LogP contribution in [0.2, 0.25) is 0 Å². The normalized spacial score (nSPS) is 21.8. The van der Waals surface area contributed by atoms with Crippen LogP contribution in [0, 0.1) is 11.8 Å². The topological polar surface area (TPSA) is 85.5 Å². The quantitative estimate of drug-likeness (QED) is 0.697. The molecule has 2 atom stereocenters. The lowest BCUT2D eigenvalue weighted by atomic mass is 9.86. The highest BCUT2D eigenvalue weighted by Gasteiger charge is 2.60. The zero-order valence-electron chi connectivity index (χ0n) is 19.0. The Labute approximate surface area is 183 Å². The van der Waals surface area contributed by atoms with Crippen LogP contribution in [0.4, 0.5) is 4.79 Å². The number of rotatable bonds is 6. The van der Waals surface area contributed by atoms with Crippen LogP contribution in [0.1, 0.15) is 52.3 Å². The number of hydrogen-bond donors (Lipinski definition) is 2. The highest BCUT2D eigenvalue weighted by molar-refractivity contribution is 6.11. The fourth-order valence-electron chi connectivity index (χ4n) is 4.89. The lowest BCUT2D eigenvalue weighted by molar-refractivity contribution is -0.140. The van der Waals surface area contributed by atoms with Gasteiger partial charge in [-0.3, -0.25) is 9.59 Å². The van der Waals surface area contributed by atoms with E-state index in [0.29, 0.717) is 25.9 Å². The van der Waals surface area contributed by atoms with Gasteiger partial charge in [-0.15, -0.1) is 0 Å². The Balaban J connectivity index is 1.75. The largest absolute Gasteiger partial charge is 0.356 e. The fraction of sp³-hybridized carbons (Fsp3) is 0.542. The first-order valence-corrected chi connectivity index (χ1v) is 11.2. The Morgan fingerprint density at radius 2 is 1.87 bits per heavy atom. The molecule has 4 rings (SSSR count). The number of carbonyl (C=O) groups excluding carboxylic acids is 3. The highest BCUT2D eigenvalue weighted by atomic mass is 16.2. The van der Waals surface area contributed by atoms with E-state index in [-0.39, 0.29) is 29.7 Å². The number of aromatic nitrogens is 1. The second-order valence-corrected chi connectivity index (χ2v) is 9.74. The maximum absolute atomic E-state index is 13.8. The maximum Gasteiger partial charge on any atom is 0.328 e. The molecule has 31 heavy (non-hydrogen) atoms. The molecule has 1 aromatic carbocycles. The van der Waals surface area contributed by atoms with Gasteiger partial charge >= 0.3 is 6.03 Å². The molecule has 3 heterocycles. The van der Waals surface area contributed by atoms with Crippen LogP contribution in [-0.4, -0.2) is 51.8 Å².